The quantitative estimate of drug-likeness (QED) is 0.0661. The number of rotatable bonds is 11. The first-order chi connectivity index (χ1) is 22.9. The molecule has 3 N–H and O–H groups in total. The molecule has 50 heavy (non-hydrogen) atoms. The third-order valence-electron chi connectivity index (χ3n) is 5.84. The number of aromatic hydroxyl groups is 1. The number of hydrogen-bond acceptors (Lipinski definition) is 8. The van der Waals surface area contributed by atoms with E-state index < -0.39 is 0 Å². The molecule has 0 aliphatic carbocycles. The Labute approximate surface area is 428 Å². The Bertz CT molecular complexity index is 1160. The largest absolute Gasteiger partial charge is 1.00 e. The van der Waals surface area contributed by atoms with Gasteiger partial charge in [-0.15, -0.1) is 0 Å². The molecule has 8 nitrogen and oxygen atoms in total. The van der Waals surface area contributed by atoms with Crippen LogP contribution >= 0.6 is 82.4 Å². The molecule has 0 bridgehead atoms. The SMILES string of the molecule is BrP(Br)Br.CCc1cccc(C)c1O.CCc1cccc(C)c1OCCBr.CCc1cccc(C)c1OCCO.O=CO[O-].OCCBr.[H-].[K+].[K+]. The van der Waals surface area contributed by atoms with Crippen LogP contribution in [-0.4, -0.2) is 58.9 Å². The summed E-state index contributed by atoms with van der Waals surface area (Å²) in [7, 11) is 0. The third-order valence-corrected chi connectivity index (χ3v) is 6.51. The number of carbonyl (C=O) groups is 1. The van der Waals surface area contributed by atoms with Gasteiger partial charge >= 0.3 is 103 Å². The molecule has 0 saturated heterocycles. The van der Waals surface area contributed by atoms with E-state index >= 15 is 0 Å². The van der Waals surface area contributed by atoms with Gasteiger partial charge in [0.25, 0.3) is 6.47 Å². The topological polar surface area (TPSA) is 129 Å². The molecule has 0 atom stereocenters. The van der Waals surface area contributed by atoms with E-state index in [0.717, 1.165) is 59.4 Å². The molecule has 0 spiro atoms. The van der Waals surface area contributed by atoms with E-state index in [2.05, 4.69) is 128 Å². The number of ether oxygens (including phenoxy) is 2. The van der Waals surface area contributed by atoms with Crippen molar-refractivity contribution in [1.29, 1.82) is 0 Å². The summed E-state index contributed by atoms with van der Waals surface area (Å²) in [5.41, 5.74) is 6.84. The molecule has 3 aromatic rings. The Balaban J connectivity index is -0.000000126. The molecule has 3 aromatic carbocycles. The predicted molar refractivity (Wildman–Crippen MR) is 218 cm³/mol. The van der Waals surface area contributed by atoms with Crippen LogP contribution in [0.25, 0.3) is 0 Å². The summed E-state index contributed by atoms with van der Waals surface area (Å²) in [4.78, 5) is 11.2. The van der Waals surface area contributed by atoms with E-state index in [0.29, 0.717) is 17.7 Å². The minimum atomic E-state index is -0.183. The number of alkyl halides is 2. The van der Waals surface area contributed by atoms with E-state index in [9.17, 15) is 5.11 Å². The van der Waals surface area contributed by atoms with Gasteiger partial charge in [-0.1, -0.05) is 107 Å². The van der Waals surface area contributed by atoms with Crippen molar-refractivity contribution in [3.05, 3.63) is 88.0 Å². The van der Waals surface area contributed by atoms with E-state index in [1.807, 2.05) is 51.1 Å². The van der Waals surface area contributed by atoms with Gasteiger partial charge in [0.15, 0.2) is 0 Å². The molecule has 0 saturated carbocycles. The molecule has 3 rings (SSSR count). The van der Waals surface area contributed by atoms with E-state index in [4.69, 9.17) is 29.7 Å². The van der Waals surface area contributed by atoms with Crippen LogP contribution in [0, 0.1) is 20.8 Å². The number of carbonyl (C=O) groups excluding carboxylic acids is 1. The summed E-state index contributed by atoms with van der Waals surface area (Å²) >= 11 is 15.9. The van der Waals surface area contributed by atoms with Crippen LogP contribution in [0.2, 0.25) is 0 Å². The fourth-order valence-electron chi connectivity index (χ4n) is 3.69. The summed E-state index contributed by atoms with van der Waals surface area (Å²) in [5.74, 6) is 2.44. The van der Waals surface area contributed by atoms with Crippen LogP contribution in [0.1, 0.15) is 55.6 Å². The summed E-state index contributed by atoms with van der Waals surface area (Å²) in [5, 5.41) is 35.9. The zero-order valence-corrected chi connectivity index (χ0v) is 45.4. The van der Waals surface area contributed by atoms with Crippen molar-refractivity contribution in [2.45, 2.75) is 60.8 Å². The molecule has 0 fully saturated rings. The molecule has 276 valence electrons. The van der Waals surface area contributed by atoms with Crippen LogP contribution in [0.4, 0.5) is 0 Å². The van der Waals surface area contributed by atoms with Crippen molar-refractivity contribution in [1.82, 2.24) is 0 Å². The summed E-state index contributed by atoms with van der Waals surface area (Å²) in [6.45, 7) is 13.5. The minimum absolute atomic E-state index is 0. The van der Waals surface area contributed by atoms with Gasteiger partial charge in [-0.25, -0.2) is 0 Å². The Hall–Kier alpha value is 2.51. The molecule has 0 aliphatic rings. The monoisotopic (exact) mass is 1090 g/mol. The maximum Gasteiger partial charge on any atom is 1.00 e. The Kier molecular flexibility index (Phi) is 54.6. The van der Waals surface area contributed by atoms with Gasteiger partial charge < -0.3 is 36.4 Å². The van der Waals surface area contributed by atoms with Crippen LogP contribution in [0.5, 0.6) is 17.2 Å². The van der Waals surface area contributed by atoms with Crippen molar-refractivity contribution in [2.75, 3.05) is 37.1 Å². The zero-order valence-electron chi connectivity index (χ0n) is 31.4. The van der Waals surface area contributed by atoms with Crippen molar-refractivity contribution in [2.24, 2.45) is 0 Å². The van der Waals surface area contributed by atoms with Crippen LogP contribution in [0.3, 0.4) is 0 Å². The van der Waals surface area contributed by atoms with Crippen molar-refractivity contribution >= 4 is 88.8 Å². The number of aliphatic hydroxyl groups is 2. The fourth-order valence-corrected chi connectivity index (χ4v) is 3.85. The van der Waals surface area contributed by atoms with Gasteiger partial charge in [0.1, 0.15) is 27.9 Å². The number of halogens is 5. The molecule has 0 radical (unpaired) electrons. The third kappa shape index (κ3) is 33.8. The van der Waals surface area contributed by atoms with E-state index in [-0.39, 0.29) is 128 Å². The second-order valence-electron chi connectivity index (χ2n) is 9.18. The molecule has 0 heterocycles. The summed E-state index contributed by atoms with van der Waals surface area (Å²) < 4.78 is 10.9. The number of aryl methyl sites for hydroxylation is 6. The summed E-state index contributed by atoms with van der Waals surface area (Å²) in [6.07, 6.45) is 2.88. The second kappa shape index (κ2) is 44.2. The molecule has 0 aliphatic heterocycles. The standard InChI is InChI=1S/C11H15BrO.C11H16O2.C9H12O.C2H5BrO.CH2O3.Br3P.2K.H/c2*1-3-10-6-4-5-9(2)11(10)13-8-7-12;1-3-8-6-4-5-7(2)9(8)10;3-1-2-4;2-1-4-3;1-4(2)3;;;/h4-6H,3,7-8H2,1-2H3;4-6,12H,3,7-8H2,1-2H3;4-6,10H,3H2,1-2H3;4H,1-2H2;1,3H;;;;/q;;;;;;2*+1;-1/p-1. The normalized spacial score (nSPS) is 8.94. The Morgan fingerprint density at radius 2 is 1.04 bits per heavy atom. The number of benzene rings is 3. The smallest absolute Gasteiger partial charge is 1.00 e. The first-order valence-electron chi connectivity index (χ1n) is 14.9. The molecule has 0 unspecified atom stereocenters. The van der Waals surface area contributed by atoms with Gasteiger partial charge in [0.2, 0.25) is 0 Å². The Morgan fingerprint density at radius 3 is 1.32 bits per heavy atom. The first kappa shape index (κ1) is 61.7. The molecular weight excluding hydrogens is 1050 g/mol. The van der Waals surface area contributed by atoms with Crippen molar-refractivity contribution in [3.63, 3.8) is 0 Å². The van der Waals surface area contributed by atoms with Gasteiger partial charge in [0, 0.05) is 10.7 Å². The van der Waals surface area contributed by atoms with E-state index in [1.54, 1.807) is 0 Å². The van der Waals surface area contributed by atoms with Crippen molar-refractivity contribution < 1.29 is 144 Å². The maximum atomic E-state index is 9.40. The van der Waals surface area contributed by atoms with Crippen LogP contribution in [-0.2, 0) is 28.9 Å². The number of phenols is 1. The zero-order chi connectivity index (χ0) is 37.3. The number of para-hydroxylation sites is 3. The van der Waals surface area contributed by atoms with Crippen molar-refractivity contribution in [3.8, 4) is 17.2 Å². The molecule has 16 heteroatoms. The van der Waals surface area contributed by atoms with E-state index in [1.165, 1.54) is 16.7 Å². The molecule has 0 aromatic heterocycles. The average molecular weight is 1100 g/mol. The number of aliphatic hydroxyl groups excluding tert-OH is 2. The predicted octanol–water partition coefficient (Wildman–Crippen LogP) is 3.85. The second-order valence-corrected chi connectivity index (χ2v) is 26.1. The van der Waals surface area contributed by atoms with Gasteiger partial charge in [-0.3, -0.25) is 4.79 Å². The maximum absolute atomic E-state index is 9.40. The van der Waals surface area contributed by atoms with Crippen LogP contribution < -0.4 is 118 Å². The molecular formula is C34H50Br5K2O8P. The number of hydrogen-bond donors (Lipinski definition) is 3. The van der Waals surface area contributed by atoms with Gasteiger partial charge in [-0.2, -0.15) is 0 Å². The molecule has 0 amide bonds. The Morgan fingerprint density at radius 1 is 0.700 bits per heavy atom. The average Bonchev–Trinajstić information content (AvgIpc) is 3.08. The summed E-state index contributed by atoms with van der Waals surface area (Å²) in [6, 6.07) is 18.2. The van der Waals surface area contributed by atoms with Gasteiger partial charge in [0.05, 0.1) is 19.8 Å². The number of phenolic OH excluding ortho intramolecular Hbond substituents is 1. The fraction of sp³-hybridized carbons (Fsp3) is 0.441. The first-order valence-corrected chi connectivity index (χ1v) is 24.6. The van der Waals surface area contributed by atoms with Crippen LogP contribution in [0.15, 0.2) is 54.6 Å². The van der Waals surface area contributed by atoms with Gasteiger partial charge in [-0.05, 0) is 120 Å². The minimum Gasteiger partial charge on any atom is -1.00 e.